The Morgan fingerprint density at radius 2 is 1.76 bits per heavy atom. The van der Waals surface area contributed by atoms with Crippen LogP contribution < -0.4 is 38.5 Å². The summed E-state index contributed by atoms with van der Waals surface area (Å²) in [4.78, 5) is 92.9. The molecule has 1 fully saturated rings. The highest BCUT2D eigenvalue weighted by Gasteiger charge is 2.39. The summed E-state index contributed by atoms with van der Waals surface area (Å²) in [7, 11) is 3.56. The van der Waals surface area contributed by atoms with Gasteiger partial charge >= 0.3 is 5.97 Å². The van der Waals surface area contributed by atoms with Crippen molar-refractivity contribution in [3.05, 3.63) is 0 Å². The van der Waals surface area contributed by atoms with Crippen LogP contribution in [-0.4, -0.2) is 112 Å². The van der Waals surface area contributed by atoms with Crippen LogP contribution in [0.25, 0.3) is 0 Å². The van der Waals surface area contributed by atoms with Crippen molar-refractivity contribution in [1.29, 1.82) is 0 Å². The maximum absolute atomic E-state index is 13.5. The lowest BCUT2D eigenvalue weighted by Crippen LogP contribution is -2.59. The van der Waals surface area contributed by atoms with Crippen molar-refractivity contribution < 1.29 is 38.7 Å². The van der Waals surface area contributed by atoms with Crippen LogP contribution in [0.4, 0.5) is 0 Å². The number of carboxylic acids is 1. The Kier molecular flexibility index (Phi) is 14.4. The Morgan fingerprint density at radius 3 is 2.31 bits per heavy atom. The molecule has 4 atom stereocenters. The zero-order chi connectivity index (χ0) is 32.2. The van der Waals surface area contributed by atoms with Crippen LogP contribution in [0.15, 0.2) is 4.99 Å². The Hall–Kier alpha value is -3.74. The number of likely N-dealkylation sites (N-methyl/N-ethyl adjacent to an activating group) is 1. The van der Waals surface area contributed by atoms with Gasteiger partial charge in [0.2, 0.25) is 35.4 Å². The Labute approximate surface area is 250 Å². The highest BCUT2D eigenvalue weighted by molar-refractivity contribution is 8.77. The molecule has 1 saturated heterocycles. The summed E-state index contributed by atoms with van der Waals surface area (Å²) in [5, 5.41) is 18.9. The molecule has 0 aromatic heterocycles. The number of amides is 6. The number of nitrogens with zero attached hydrogens (tertiary/aromatic N) is 2. The first-order chi connectivity index (χ1) is 19.5. The number of rotatable bonds is 8. The van der Waals surface area contributed by atoms with Crippen molar-refractivity contribution in [3.63, 3.8) is 0 Å². The van der Waals surface area contributed by atoms with Crippen molar-refractivity contribution in [1.82, 2.24) is 26.2 Å². The lowest BCUT2D eigenvalue weighted by Gasteiger charge is -2.33. The number of nitrogens with two attached hydrogens (primary N) is 3. The van der Waals surface area contributed by atoms with E-state index in [9.17, 15) is 38.7 Å². The van der Waals surface area contributed by atoms with Crippen molar-refractivity contribution in [3.8, 4) is 0 Å². The molecular formula is C23H39N9O8S2. The van der Waals surface area contributed by atoms with E-state index in [0.717, 1.165) is 26.5 Å². The highest BCUT2D eigenvalue weighted by Crippen LogP contribution is 2.38. The fraction of sp³-hybridized carbons (Fsp3) is 0.652. The number of carbonyl (C=O) groups excluding carboxylic acids is 6. The number of nitrogens with one attached hydrogen (secondary N) is 4. The zero-order valence-electron chi connectivity index (χ0n) is 23.8. The monoisotopic (exact) mass is 633 g/mol. The van der Waals surface area contributed by atoms with Crippen LogP contribution in [0.5, 0.6) is 0 Å². The Balaban J connectivity index is 3.46. The minimum absolute atomic E-state index is 0.000296. The molecule has 0 radical (unpaired) electrons. The predicted octanol–water partition coefficient (Wildman–Crippen LogP) is -3.41. The molecule has 0 aromatic carbocycles. The third-order valence-corrected chi connectivity index (χ3v) is 9.25. The summed E-state index contributed by atoms with van der Waals surface area (Å²) in [6, 6.07) is -5.12. The number of guanidine groups is 1. The normalized spacial score (nSPS) is 24.3. The van der Waals surface area contributed by atoms with Gasteiger partial charge in [0.25, 0.3) is 0 Å². The van der Waals surface area contributed by atoms with Crippen LogP contribution in [0.1, 0.15) is 40.0 Å². The molecular weight excluding hydrogens is 594 g/mol. The standard InChI is InChI=1S/C23H39N9O8S2/c1-11(33)29-13-10-41-42-23(2,3)17(18(24)37)31-19(38)12(8-16(35)36)30-15(34)9-28-20(39)14(32(4)21(13)40)6-5-7-27-22(25)26/h12-14,17H,5-10H2,1-4H3,(H2,24,37)(H,28,39)(H,29,33)(H,30,34)(H,31,38)(H,35,36)(H4,25,26,27)/t12-,13?,14?,17?/m0/s1. The summed E-state index contributed by atoms with van der Waals surface area (Å²) in [5.74, 6) is -6.21. The number of carboxylic acid groups (broad SMARTS) is 1. The minimum atomic E-state index is -1.60. The van der Waals surface area contributed by atoms with E-state index in [1.165, 1.54) is 14.0 Å². The first-order valence-corrected chi connectivity index (χ1v) is 15.1. The number of carbonyl (C=O) groups is 7. The third kappa shape index (κ3) is 12.0. The molecule has 42 heavy (non-hydrogen) atoms. The lowest BCUT2D eigenvalue weighted by atomic mass is 10.0. The molecule has 3 unspecified atom stereocenters. The molecule has 0 saturated carbocycles. The van der Waals surface area contributed by atoms with E-state index in [1.54, 1.807) is 13.8 Å². The molecule has 19 heteroatoms. The first kappa shape index (κ1) is 36.3. The van der Waals surface area contributed by atoms with Gasteiger partial charge in [-0.2, -0.15) is 0 Å². The summed E-state index contributed by atoms with van der Waals surface area (Å²) >= 11 is 0. The van der Waals surface area contributed by atoms with Gasteiger partial charge in [-0.15, -0.1) is 0 Å². The summed E-state index contributed by atoms with van der Waals surface area (Å²) < 4.78 is -1.10. The predicted molar refractivity (Wildman–Crippen MR) is 157 cm³/mol. The fourth-order valence-corrected chi connectivity index (χ4v) is 6.68. The average molecular weight is 634 g/mol. The van der Waals surface area contributed by atoms with Gasteiger partial charge < -0.3 is 48.5 Å². The molecule has 236 valence electrons. The van der Waals surface area contributed by atoms with Gasteiger partial charge in [-0.25, -0.2) is 0 Å². The molecule has 0 bridgehead atoms. The molecule has 0 aliphatic carbocycles. The van der Waals surface area contributed by atoms with Crippen molar-refractivity contribution >= 4 is 69.0 Å². The Bertz CT molecular complexity index is 1080. The third-order valence-electron chi connectivity index (χ3n) is 5.95. The smallest absolute Gasteiger partial charge is 0.305 e. The molecule has 0 aromatic rings. The van der Waals surface area contributed by atoms with E-state index in [2.05, 4.69) is 26.3 Å². The van der Waals surface area contributed by atoms with Gasteiger partial charge in [0.05, 0.1) is 13.0 Å². The molecule has 0 spiro atoms. The van der Waals surface area contributed by atoms with Gasteiger partial charge in [-0.1, -0.05) is 21.6 Å². The second-order valence-corrected chi connectivity index (χ2v) is 12.9. The van der Waals surface area contributed by atoms with Gasteiger partial charge in [0, 0.05) is 31.0 Å². The van der Waals surface area contributed by atoms with Gasteiger partial charge in [0.1, 0.15) is 24.2 Å². The molecule has 1 heterocycles. The van der Waals surface area contributed by atoms with Crippen LogP contribution >= 0.6 is 21.6 Å². The number of aliphatic imine (C=N–C) groups is 1. The SMILES string of the molecule is CC(=O)NC1CSSC(C)(C)C(C(N)=O)NC(=O)[C@H](CC(=O)O)NC(=O)CNC(=O)C(CCCN=C(N)N)N(C)C1=O. The quantitative estimate of drug-likeness (QED) is 0.0562. The first-order valence-electron chi connectivity index (χ1n) is 12.7. The van der Waals surface area contributed by atoms with Gasteiger partial charge in [-0.3, -0.25) is 38.6 Å². The average Bonchev–Trinajstić information content (AvgIpc) is 2.87. The molecule has 17 nitrogen and oxygen atoms in total. The number of hydrogen-bond acceptors (Lipinski definition) is 10. The van der Waals surface area contributed by atoms with E-state index in [0.29, 0.717) is 0 Å². The largest absolute Gasteiger partial charge is 0.481 e. The van der Waals surface area contributed by atoms with E-state index < -0.39 is 83.3 Å². The van der Waals surface area contributed by atoms with Crippen molar-refractivity contribution in [2.45, 2.75) is 68.9 Å². The summed E-state index contributed by atoms with van der Waals surface area (Å²) in [5.41, 5.74) is 16.2. The van der Waals surface area contributed by atoms with E-state index in [-0.39, 0.29) is 31.1 Å². The summed E-state index contributed by atoms with van der Waals surface area (Å²) in [6.45, 7) is 3.89. The minimum Gasteiger partial charge on any atom is -0.481 e. The topological polar surface area (TPSA) is 282 Å². The Morgan fingerprint density at radius 1 is 1.12 bits per heavy atom. The fourth-order valence-electron chi connectivity index (χ4n) is 3.86. The van der Waals surface area contributed by atoms with E-state index in [1.807, 2.05) is 0 Å². The second kappa shape index (κ2) is 16.6. The molecule has 11 N–H and O–H groups in total. The lowest BCUT2D eigenvalue weighted by molar-refractivity contribution is -0.142. The van der Waals surface area contributed by atoms with Crippen LogP contribution in [-0.2, 0) is 33.6 Å². The molecule has 1 rings (SSSR count). The van der Waals surface area contributed by atoms with E-state index >= 15 is 0 Å². The molecule has 1 aliphatic heterocycles. The van der Waals surface area contributed by atoms with E-state index in [4.69, 9.17) is 17.2 Å². The molecule has 6 amide bonds. The maximum Gasteiger partial charge on any atom is 0.305 e. The maximum atomic E-state index is 13.5. The van der Waals surface area contributed by atoms with Crippen molar-refractivity contribution in [2.24, 2.45) is 22.2 Å². The number of aliphatic carboxylic acids is 1. The second-order valence-electron chi connectivity index (χ2n) is 9.92. The number of hydrogen-bond donors (Lipinski definition) is 8. The van der Waals surface area contributed by atoms with Gasteiger partial charge in [0.15, 0.2) is 5.96 Å². The number of primary amides is 1. The zero-order valence-corrected chi connectivity index (χ0v) is 25.4. The molecule has 1 aliphatic rings. The van der Waals surface area contributed by atoms with Crippen molar-refractivity contribution in [2.75, 3.05) is 25.9 Å². The van der Waals surface area contributed by atoms with Gasteiger partial charge in [-0.05, 0) is 26.7 Å². The van der Waals surface area contributed by atoms with Crippen LogP contribution in [0.3, 0.4) is 0 Å². The highest BCUT2D eigenvalue weighted by atomic mass is 33.1. The van der Waals surface area contributed by atoms with Crippen LogP contribution in [0, 0.1) is 0 Å². The summed E-state index contributed by atoms with van der Waals surface area (Å²) in [6.07, 6.45) is -0.459. The van der Waals surface area contributed by atoms with Crippen LogP contribution in [0.2, 0.25) is 0 Å².